The largest absolute Gasteiger partial charge is 0.295 e. The molecule has 0 bridgehead atoms. The third-order valence-electron chi connectivity index (χ3n) is 1.74. The summed E-state index contributed by atoms with van der Waals surface area (Å²) in [6.07, 6.45) is 1.81. The third kappa shape index (κ3) is 3.03. The van der Waals surface area contributed by atoms with E-state index in [0.717, 1.165) is 5.56 Å². The molecule has 0 aliphatic carbocycles. The number of ketones is 1. The number of carbonyl (C=O) groups is 1. The van der Waals surface area contributed by atoms with E-state index in [4.69, 9.17) is 11.6 Å². The number of hydrogen-bond donors (Lipinski definition) is 0. The molecule has 1 nitrogen and oxygen atoms in total. The zero-order valence-electron chi connectivity index (χ0n) is 7.46. The van der Waals surface area contributed by atoms with Gasteiger partial charge in [0, 0.05) is 5.57 Å². The molecule has 13 heavy (non-hydrogen) atoms. The average Bonchev–Trinajstić information content (AvgIpc) is 2.15. The second-order valence-corrected chi connectivity index (χ2v) is 3.04. The van der Waals surface area contributed by atoms with Crippen molar-refractivity contribution in [1.29, 1.82) is 0 Å². The molecule has 0 fully saturated rings. The van der Waals surface area contributed by atoms with Gasteiger partial charge < -0.3 is 0 Å². The van der Waals surface area contributed by atoms with Gasteiger partial charge in [0.2, 0.25) is 0 Å². The smallest absolute Gasteiger partial charge is 0.157 e. The zero-order chi connectivity index (χ0) is 9.68. The number of benzene rings is 1. The molecule has 0 aliphatic rings. The highest BCUT2D eigenvalue weighted by Gasteiger charge is 2.00. The van der Waals surface area contributed by atoms with Crippen molar-refractivity contribution in [3.8, 4) is 0 Å². The van der Waals surface area contributed by atoms with Crippen LogP contribution in [0.4, 0.5) is 0 Å². The fraction of sp³-hybridized carbons (Fsp3) is 0.182. The van der Waals surface area contributed by atoms with E-state index in [1.165, 1.54) is 6.92 Å². The molecule has 2 heteroatoms. The van der Waals surface area contributed by atoms with Crippen LogP contribution in [0, 0.1) is 0 Å². The van der Waals surface area contributed by atoms with Gasteiger partial charge in [-0.3, -0.25) is 4.79 Å². The van der Waals surface area contributed by atoms with Crippen LogP contribution in [0.2, 0.25) is 0 Å². The minimum absolute atomic E-state index is 0.0267. The summed E-state index contributed by atoms with van der Waals surface area (Å²) in [5, 5.41) is 0. The van der Waals surface area contributed by atoms with Gasteiger partial charge in [0.15, 0.2) is 5.78 Å². The van der Waals surface area contributed by atoms with Crippen LogP contribution in [0.15, 0.2) is 35.9 Å². The Morgan fingerprint density at radius 3 is 2.46 bits per heavy atom. The Hall–Kier alpha value is -1.08. The summed E-state index contributed by atoms with van der Waals surface area (Å²) in [4.78, 5) is 11.0. The number of Topliss-reactive ketones (excluding diaryl/α,β-unsaturated/α-hetero) is 1. The van der Waals surface area contributed by atoms with E-state index < -0.39 is 0 Å². The highest BCUT2D eigenvalue weighted by Crippen LogP contribution is 2.08. The highest BCUT2D eigenvalue weighted by molar-refractivity contribution is 6.23. The van der Waals surface area contributed by atoms with Crippen LogP contribution in [0.3, 0.4) is 0 Å². The number of alkyl halides is 1. The molecular weight excluding hydrogens is 184 g/mol. The summed E-state index contributed by atoms with van der Waals surface area (Å²) in [7, 11) is 0. The Bertz CT molecular complexity index is 314. The molecule has 0 aromatic heterocycles. The second-order valence-electron chi connectivity index (χ2n) is 2.77. The predicted octanol–water partition coefficient (Wildman–Crippen LogP) is 2.90. The van der Waals surface area contributed by atoms with Crippen molar-refractivity contribution < 1.29 is 4.79 Å². The lowest BCUT2D eigenvalue weighted by Gasteiger charge is -1.97. The van der Waals surface area contributed by atoms with Gasteiger partial charge in [-0.25, -0.2) is 0 Å². The Morgan fingerprint density at radius 1 is 1.38 bits per heavy atom. The van der Waals surface area contributed by atoms with E-state index in [2.05, 4.69) is 0 Å². The summed E-state index contributed by atoms with van der Waals surface area (Å²) in [5.74, 6) is 0.295. The van der Waals surface area contributed by atoms with Gasteiger partial charge in [-0.15, -0.1) is 11.6 Å². The molecule has 1 rings (SSSR count). The molecule has 1 aromatic carbocycles. The first-order valence-corrected chi connectivity index (χ1v) is 4.60. The van der Waals surface area contributed by atoms with Crippen molar-refractivity contribution in [1.82, 2.24) is 0 Å². The maximum atomic E-state index is 11.0. The monoisotopic (exact) mass is 194 g/mol. The van der Waals surface area contributed by atoms with E-state index in [9.17, 15) is 4.79 Å². The SMILES string of the molecule is CC(=O)/C(=C\c1ccccc1)CCl. The number of allylic oxidation sites excluding steroid dienone is 1. The summed E-state index contributed by atoms with van der Waals surface area (Å²) >= 11 is 5.62. The third-order valence-corrected chi connectivity index (χ3v) is 2.02. The molecule has 0 heterocycles. The lowest BCUT2D eigenvalue weighted by atomic mass is 10.1. The lowest BCUT2D eigenvalue weighted by molar-refractivity contribution is -0.113. The van der Waals surface area contributed by atoms with Gasteiger partial charge in [-0.2, -0.15) is 0 Å². The second kappa shape index (κ2) is 4.83. The molecule has 0 aliphatic heterocycles. The number of halogens is 1. The Morgan fingerprint density at radius 2 is 2.00 bits per heavy atom. The van der Waals surface area contributed by atoms with Gasteiger partial charge in [0.1, 0.15) is 0 Å². The van der Waals surface area contributed by atoms with Crippen LogP contribution >= 0.6 is 11.6 Å². The highest BCUT2D eigenvalue weighted by atomic mass is 35.5. The van der Waals surface area contributed by atoms with Gasteiger partial charge in [0.05, 0.1) is 5.88 Å². The van der Waals surface area contributed by atoms with Gasteiger partial charge in [-0.1, -0.05) is 30.3 Å². The molecule has 0 saturated heterocycles. The first-order valence-electron chi connectivity index (χ1n) is 4.06. The van der Waals surface area contributed by atoms with E-state index in [0.29, 0.717) is 5.57 Å². The van der Waals surface area contributed by atoms with E-state index in [-0.39, 0.29) is 11.7 Å². The molecule has 1 aromatic rings. The molecule has 0 atom stereocenters. The van der Waals surface area contributed by atoms with Crippen LogP contribution in [0.25, 0.3) is 6.08 Å². The predicted molar refractivity (Wildman–Crippen MR) is 55.8 cm³/mol. The van der Waals surface area contributed by atoms with Crippen molar-refractivity contribution >= 4 is 23.5 Å². The van der Waals surface area contributed by atoms with E-state index in [1.807, 2.05) is 36.4 Å². The summed E-state index contributed by atoms with van der Waals surface area (Å²) < 4.78 is 0. The molecule has 0 N–H and O–H groups in total. The molecule has 0 amide bonds. The number of rotatable bonds is 3. The maximum Gasteiger partial charge on any atom is 0.157 e. The summed E-state index contributed by atoms with van der Waals surface area (Å²) in [6.45, 7) is 1.52. The van der Waals surface area contributed by atoms with Crippen LogP contribution in [-0.2, 0) is 4.79 Å². The average molecular weight is 195 g/mol. The number of carbonyl (C=O) groups excluding carboxylic acids is 1. The van der Waals surface area contributed by atoms with Crippen LogP contribution < -0.4 is 0 Å². The Balaban J connectivity index is 2.92. The van der Waals surface area contributed by atoms with Crippen LogP contribution in [0.1, 0.15) is 12.5 Å². The minimum atomic E-state index is 0.0267. The first-order chi connectivity index (χ1) is 6.24. The fourth-order valence-corrected chi connectivity index (χ4v) is 1.25. The van der Waals surface area contributed by atoms with Crippen molar-refractivity contribution in [3.63, 3.8) is 0 Å². The van der Waals surface area contributed by atoms with E-state index in [1.54, 1.807) is 0 Å². The fourth-order valence-electron chi connectivity index (χ4n) is 0.985. The van der Waals surface area contributed by atoms with Gasteiger partial charge >= 0.3 is 0 Å². The van der Waals surface area contributed by atoms with Gasteiger partial charge in [0.25, 0.3) is 0 Å². The van der Waals surface area contributed by atoms with Crippen LogP contribution in [0.5, 0.6) is 0 Å². The molecule has 68 valence electrons. The summed E-state index contributed by atoms with van der Waals surface area (Å²) in [5.41, 5.74) is 1.65. The Kier molecular flexibility index (Phi) is 3.71. The summed E-state index contributed by atoms with van der Waals surface area (Å²) in [6, 6.07) is 9.67. The van der Waals surface area contributed by atoms with Gasteiger partial charge in [-0.05, 0) is 18.6 Å². The quantitative estimate of drug-likeness (QED) is 0.534. The van der Waals surface area contributed by atoms with Crippen molar-refractivity contribution in [2.24, 2.45) is 0 Å². The van der Waals surface area contributed by atoms with Crippen molar-refractivity contribution in [2.45, 2.75) is 6.92 Å². The van der Waals surface area contributed by atoms with Crippen molar-refractivity contribution in [2.75, 3.05) is 5.88 Å². The Labute approximate surface area is 83.0 Å². The van der Waals surface area contributed by atoms with Crippen LogP contribution in [-0.4, -0.2) is 11.7 Å². The van der Waals surface area contributed by atoms with E-state index >= 15 is 0 Å². The molecule has 0 radical (unpaired) electrons. The normalized spacial score (nSPS) is 11.4. The minimum Gasteiger partial charge on any atom is -0.295 e. The maximum absolute atomic E-state index is 11.0. The zero-order valence-corrected chi connectivity index (χ0v) is 8.21. The lowest BCUT2D eigenvalue weighted by Crippen LogP contribution is -1.97. The molecule has 0 saturated carbocycles. The number of hydrogen-bond acceptors (Lipinski definition) is 1. The van der Waals surface area contributed by atoms with Crippen molar-refractivity contribution in [3.05, 3.63) is 41.5 Å². The first kappa shape index (κ1) is 10.0. The molecular formula is C11H11ClO. The molecule has 0 unspecified atom stereocenters. The molecule has 0 spiro atoms. The topological polar surface area (TPSA) is 17.1 Å². The standard InChI is InChI=1S/C11H11ClO/c1-9(13)11(8-12)7-10-5-3-2-4-6-10/h2-7H,8H2,1H3/b11-7-.